The number of ether oxygens (including phenoxy) is 1. The second kappa shape index (κ2) is 12.9. The first-order valence-corrected chi connectivity index (χ1v) is 14.7. The van der Waals surface area contributed by atoms with Crippen LogP contribution in [0.15, 0.2) is 36.4 Å². The van der Waals surface area contributed by atoms with Crippen LogP contribution in [0.5, 0.6) is 5.75 Å². The number of anilines is 1. The van der Waals surface area contributed by atoms with Gasteiger partial charge in [0.2, 0.25) is 0 Å². The van der Waals surface area contributed by atoms with E-state index in [1.807, 2.05) is 12.1 Å². The Bertz CT molecular complexity index is 1290. The monoisotopic (exact) mass is 629 g/mol. The minimum absolute atomic E-state index is 0.0114. The molecule has 0 bridgehead atoms. The summed E-state index contributed by atoms with van der Waals surface area (Å²) < 4.78 is 47.6. The van der Waals surface area contributed by atoms with Crippen molar-refractivity contribution in [3.8, 4) is 5.75 Å². The zero-order valence-electron chi connectivity index (χ0n) is 23.9. The lowest BCUT2D eigenvalue weighted by atomic mass is 9.82. The molecule has 1 atom stereocenters. The number of carbonyl (C=O) groups excluding carboxylic acids is 2. The van der Waals surface area contributed by atoms with Gasteiger partial charge in [0.1, 0.15) is 5.75 Å². The number of likely N-dealkylation sites (tertiary alicyclic amines) is 1. The molecular weight excluding hydrogens is 594 g/mol. The van der Waals surface area contributed by atoms with E-state index < -0.39 is 23.2 Å². The van der Waals surface area contributed by atoms with Gasteiger partial charge in [-0.25, -0.2) is 0 Å². The van der Waals surface area contributed by atoms with Crippen molar-refractivity contribution >= 4 is 40.7 Å². The normalized spacial score (nSPS) is 18.5. The lowest BCUT2D eigenvalue weighted by molar-refractivity contribution is -0.262. The Morgan fingerprint density at radius 2 is 1.57 bits per heavy atom. The molecule has 0 aliphatic carbocycles. The van der Waals surface area contributed by atoms with Gasteiger partial charge in [-0.15, -0.1) is 0 Å². The number of benzene rings is 2. The maximum atomic E-state index is 14.2. The van der Waals surface area contributed by atoms with Gasteiger partial charge in [-0.3, -0.25) is 9.59 Å². The van der Waals surface area contributed by atoms with Crippen LogP contribution in [0.25, 0.3) is 0 Å². The number of rotatable bonds is 7. The van der Waals surface area contributed by atoms with Gasteiger partial charge in [0.05, 0.1) is 17.7 Å². The number of hydrogen-bond donors (Lipinski definition) is 1. The van der Waals surface area contributed by atoms with E-state index in [2.05, 4.69) is 4.90 Å². The van der Waals surface area contributed by atoms with Gasteiger partial charge >= 0.3 is 6.18 Å². The molecule has 230 valence electrons. The van der Waals surface area contributed by atoms with E-state index in [-0.39, 0.29) is 35.7 Å². The fourth-order valence-electron chi connectivity index (χ4n) is 5.91. The predicted molar refractivity (Wildman–Crippen MR) is 156 cm³/mol. The van der Waals surface area contributed by atoms with Gasteiger partial charge in [0, 0.05) is 56.5 Å². The third-order valence-corrected chi connectivity index (χ3v) is 8.91. The topological polar surface area (TPSA) is 73.3 Å². The van der Waals surface area contributed by atoms with Crippen LogP contribution in [-0.4, -0.2) is 80.3 Å². The highest BCUT2D eigenvalue weighted by Crippen LogP contribution is 2.43. The van der Waals surface area contributed by atoms with Crippen LogP contribution in [0.2, 0.25) is 10.0 Å². The zero-order valence-corrected chi connectivity index (χ0v) is 25.4. The minimum atomic E-state index is -5.25. The second-order valence-electron chi connectivity index (χ2n) is 11.4. The van der Waals surface area contributed by atoms with Crippen LogP contribution < -0.4 is 9.64 Å². The minimum Gasteiger partial charge on any atom is -0.497 e. The number of hydrogen-bond acceptors (Lipinski definition) is 5. The molecule has 2 fully saturated rings. The number of piperidine rings is 2. The third-order valence-electron chi connectivity index (χ3n) is 8.38. The summed E-state index contributed by atoms with van der Waals surface area (Å²) >= 11 is 12.4. The number of carbonyl (C=O) groups is 2. The maximum Gasteiger partial charge on any atom is 0.430 e. The smallest absolute Gasteiger partial charge is 0.430 e. The van der Waals surface area contributed by atoms with Crippen LogP contribution in [0.1, 0.15) is 48.0 Å². The summed E-state index contributed by atoms with van der Waals surface area (Å²) in [5, 5.41) is 11.2. The Kier molecular flexibility index (Phi) is 9.89. The average molecular weight is 631 g/mol. The third kappa shape index (κ3) is 6.76. The summed E-state index contributed by atoms with van der Waals surface area (Å²) in [4.78, 5) is 30.3. The van der Waals surface area contributed by atoms with Crippen LogP contribution in [0.3, 0.4) is 0 Å². The van der Waals surface area contributed by atoms with Crippen LogP contribution in [-0.2, 0) is 10.4 Å². The first-order chi connectivity index (χ1) is 19.7. The highest BCUT2D eigenvalue weighted by molar-refractivity contribution is 6.34. The Hall–Kier alpha value is -2.69. The molecule has 2 aromatic rings. The molecule has 2 aliphatic heterocycles. The molecule has 0 radical (unpaired) electrons. The number of amides is 2. The van der Waals surface area contributed by atoms with Gasteiger partial charge in [0.25, 0.3) is 17.4 Å². The van der Waals surface area contributed by atoms with Crippen LogP contribution in [0.4, 0.5) is 18.9 Å². The fourth-order valence-corrected chi connectivity index (χ4v) is 6.39. The van der Waals surface area contributed by atoms with E-state index >= 15 is 0 Å². The molecule has 2 amide bonds. The molecular formula is C30H36Cl2F3N3O4. The van der Waals surface area contributed by atoms with E-state index in [9.17, 15) is 27.9 Å². The largest absolute Gasteiger partial charge is 0.497 e. The predicted octanol–water partition coefficient (Wildman–Crippen LogP) is 6.00. The molecule has 4 rings (SSSR count). The van der Waals surface area contributed by atoms with Crippen molar-refractivity contribution in [1.29, 1.82) is 0 Å². The molecule has 0 spiro atoms. The van der Waals surface area contributed by atoms with Crippen molar-refractivity contribution in [2.24, 2.45) is 11.8 Å². The highest BCUT2D eigenvalue weighted by Gasteiger charge is 2.62. The fraction of sp³-hybridized carbons (Fsp3) is 0.533. The molecule has 7 nitrogen and oxygen atoms in total. The van der Waals surface area contributed by atoms with Crippen LogP contribution in [0, 0.1) is 11.8 Å². The van der Waals surface area contributed by atoms with E-state index in [1.165, 1.54) is 18.1 Å². The second-order valence-corrected chi connectivity index (χ2v) is 12.2. The molecule has 0 aromatic heterocycles. The summed E-state index contributed by atoms with van der Waals surface area (Å²) in [6.07, 6.45) is -1.27. The van der Waals surface area contributed by atoms with Crippen molar-refractivity contribution in [2.45, 2.75) is 43.9 Å². The summed E-state index contributed by atoms with van der Waals surface area (Å²) in [6.45, 7) is 1.94. The molecule has 0 saturated carbocycles. The van der Waals surface area contributed by atoms with E-state index in [0.717, 1.165) is 55.1 Å². The number of aliphatic hydroxyl groups is 1. The van der Waals surface area contributed by atoms with Crippen molar-refractivity contribution in [3.63, 3.8) is 0 Å². The van der Waals surface area contributed by atoms with E-state index in [1.54, 1.807) is 20.2 Å². The quantitative estimate of drug-likeness (QED) is 0.407. The zero-order chi connectivity index (χ0) is 30.8. The maximum absolute atomic E-state index is 14.2. The molecule has 2 aromatic carbocycles. The summed E-state index contributed by atoms with van der Waals surface area (Å²) in [6, 6.07) is 8.73. The van der Waals surface area contributed by atoms with Crippen LogP contribution >= 0.6 is 23.2 Å². The van der Waals surface area contributed by atoms with Crippen molar-refractivity contribution in [2.75, 3.05) is 52.3 Å². The Labute approximate surface area is 254 Å². The molecule has 42 heavy (non-hydrogen) atoms. The number of alkyl halides is 3. The Morgan fingerprint density at radius 3 is 2.10 bits per heavy atom. The standard InChI is InChI=1S/C30H36Cl2F3N3O4/c1-36(2)27(39)25-5-4-23(18-26(25)32)37-10-6-19(7-11-37)14-20-8-12-38(13-9-20)28(40)29(41,30(33,34)35)21-15-22(31)17-24(16-21)42-3/h4-5,15-20,41H,6-14H2,1-3H3. The van der Waals surface area contributed by atoms with Crippen molar-refractivity contribution < 1.29 is 32.6 Å². The van der Waals surface area contributed by atoms with Crippen molar-refractivity contribution in [1.82, 2.24) is 9.80 Å². The highest BCUT2D eigenvalue weighted by atomic mass is 35.5. The number of nitrogens with zero attached hydrogens (tertiary/aromatic N) is 3. The van der Waals surface area contributed by atoms with Crippen molar-refractivity contribution in [3.05, 3.63) is 57.6 Å². The van der Waals surface area contributed by atoms with E-state index in [4.69, 9.17) is 27.9 Å². The van der Waals surface area contributed by atoms with Gasteiger partial charge < -0.3 is 24.5 Å². The first kappa shape index (κ1) is 32.2. The number of halogens is 5. The summed E-state index contributed by atoms with van der Waals surface area (Å²) in [7, 11) is 4.63. The van der Waals surface area contributed by atoms with E-state index in [0.29, 0.717) is 29.3 Å². The summed E-state index contributed by atoms with van der Waals surface area (Å²) in [5.74, 6) is -0.794. The average Bonchev–Trinajstić information content (AvgIpc) is 2.95. The van der Waals surface area contributed by atoms with Gasteiger partial charge in [-0.1, -0.05) is 23.2 Å². The number of methoxy groups -OCH3 is 1. The Morgan fingerprint density at radius 1 is 0.976 bits per heavy atom. The first-order valence-electron chi connectivity index (χ1n) is 13.9. The summed E-state index contributed by atoms with van der Waals surface area (Å²) in [5.41, 5.74) is -2.97. The molecule has 1 unspecified atom stereocenters. The lowest BCUT2D eigenvalue weighted by Gasteiger charge is -2.40. The molecule has 2 aliphatic rings. The molecule has 2 saturated heterocycles. The molecule has 12 heteroatoms. The molecule has 2 heterocycles. The van der Waals surface area contributed by atoms with Gasteiger partial charge in [-0.2, -0.15) is 13.2 Å². The van der Waals surface area contributed by atoms with Gasteiger partial charge in [0.15, 0.2) is 0 Å². The Balaban J connectivity index is 1.33. The lowest BCUT2D eigenvalue weighted by Crippen LogP contribution is -2.57. The SMILES string of the molecule is COc1cc(Cl)cc(C(O)(C(=O)N2CCC(CC3CCN(c4ccc(C(=O)N(C)C)c(Cl)c4)CC3)CC2)C(F)(F)F)c1. The van der Waals surface area contributed by atoms with Gasteiger partial charge in [-0.05, 0) is 80.3 Å². The molecule has 1 N–H and O–H groups in total.